The number of carbonyl (C=O) groups is 2. The van der Waals surface area contributed by atoms with E-state index >= 15 is 0 Å². The SMILES string of the molecule is Cc1cc(C(=O)N2C[C@@H]3CCC[C@@]3(C(=O)O)C2)nn1-c1cccc(Cl)c1. The van der Waals surface area contributed by atoms with E-state index in [2.05, 4.69) is 5.10 Å². The number of hydrogen-bond donors (Lipinski definition) is 1. The average Bonchev–Trinajstić information content (AvgIpc) is 3.26. The summed E-state index contributed by atoms with van der Waals surface area (Å²) in [5.41, 5.74) is 1.17. The monoisotopic (exact) mass is 373 g/mol. The highest BCUT2D eigenvalue weighted by atomic mass is 35.5. The molecular weight excluding hydrogens is 354 g/mol. The smallest absolute Gasteiger partial charge is 0.311 e. The Morgan fingerprint density at radius 2 is 2.15 bits per heavy atom. The lowest BCUT2D eigenvalue weighted by Crippen LogP contribution is -2.37. The summed E-state index contributed by atoms with van der Waals surface area (Å²) in [6.07, 6.45) is 2.43. The van der Waals surface area contributed by atoms with Crippen LogP contribution >= 0.6 is 11.6 Å². The van der Waals surface area contributed by atoms with Crippen LogP contribution in [-0.4, -0.2) is 44.8 Å². The molecule has 1 aliphatic heterocycles. The van der Waals surface area contributed by atoms with Crippen molar-refractivity contribution in [3.05, 3.63) is 46.7 Å². The molecule has 136 valence electrons. The van der Waals surface area contributed by atoms with Gasteiger partial charge in [0, 0.05) is 23.8 Å². The summed E-state index contributed by atoms with van der Waals surface area (Å²) in [6.45, 7) is 2.64. The molecule has 0 unspecified atom stereocenters. The molecule has 26 heavy (non-hydrogen) atoms. The zero-order valence-electron chi connectivity index (χ0n) is 14.5. The Morgan fingerprint density at radius 1 is 1.35 bits per heavy atom. The number of rotatable bonds is 3. The quantitative estimate of drug-likeness (QED) is 0.896. The maximum absolute atomic E-state index is 12.9. The van der Waals surface area contributed by atoms with Gasteiger partial charge < -0.3 is 10.0 Å². The van der Waals surface area contributed by atoms with Gasteiger partial charge in [-0.15, -0.1) is 0 Å². The number of likely N-dealkylation sites (tertiary alicyclic amines) is 1. The van der Waals surface area contributed by atoms with Crippen molar-refractivity contribution in [1.29, 1.82) is 0 Å². The normalized spacial score (nSPS) is 24.7. The van der Waals surface area contributed by atoms with Crippen LogP contribution in [0, 0.1) is 18.3 Å². The molecule has 1 N–H and O–H groups in total. The van der Waals surface area contributed by atoms with Gasteiger partial charge in [0.2, 0.25) is 0 Å². The molecule has 1 amide bonds. The fraction of sp³-hybridized carbons (Fsp3) is 0.421. The molecule has 4 rings (SSSR count). The molecule has 0 bridgehead atoms. The second-order valence-electron chi connectivity index (χ2n) is 7.30. The molecule has 1 aromatic heterocycles. The maximum atomic E-state index is 12.9. The molecule has 0 spiro atoms. The summed E-state index contributed by atoms with van der Waals surface area (Å²) in [4.78, 5) is 26.4. The van der Waals surface area contributed by atoms with Crippen LogP contribution in [0.5, 0.6) is 0 Å². The summed E-state index contributed by atoms with van der Waals surface area (Å²) in [5.74, 6) is -0.945. The molecule has 2 fully saturated rings. The van der Waals surface area contributed by atoms with Crippen LogP contribution in [0.25, 0.3) is 5.69 Å². The van der Waals surface area contributed by atoms with Crippen molar-refractivity contribution in [2.24, 2.45) is 11.3 Å². The number of aliphatic carboxylic acids is 1. The zero-order chi connectivity index (χ0) is 18.5. The van der Waals surface area contributed by atoms with Gasteiger partial charge in [-0.1, -0.05) is 24.1 Å². The van der Waals surface area contributed by atoms with Crippen molar-refractivity contribution in [1.82, 2.24) is 14.7 Å². The van der Waals surface area contributed by atoms with Gasteiger partial charge in [0.15, 0.2) is 5.69 Å². The Balaban J connectivity index is 1.60. The summed E-state index contributed by atoms with van der Waals surface area (Å²) in [7, 11) is 0. The lowest BCUT2D eigenvalue weighted by molar-refractivity contribution is -0.149. The number of aromatic nitrogens is 2. The molecular formula is C19H20ClN3O3. The first-order chi connectivity index (χ1) is 12.4. The van der Waals surface area contributed by atoms with Gasteiger partial charge in [-0.25, -0.2) is 4.68 Å². The lowest BCUT2D eigenvalue weighted by atomic mass is 9.81. The minimum atomic E-state index is -0.782. The predicted octanol–water partition coefficient (Wildman–Crippen LogP) is 3.16. The number of halogens is 1. The van der Waals surface area contributed by atoms with Crippen LogP contribution in [0.15, 0.2) is 30.3 Å². The van der Waals surface area contributed by atoms with Crippen molar-refractivity contribution in [2.75, 3.05) is 13.1 Å². The molecule has 1 saturated carbocycles. The van der Waals surface area contributed by atoms with Gasteiger partial charge in [0.05, 0.1) is 11.1 Å². The van der Waals surface area contributed by atoms with Crippen molar-refractivity contribution in [3.8, 4) is 5.69 Å². The highest BCUT2D eigenvalue weighted by Gasteiger charge is 2.56. The number of amides is 1. The third kappa shape index (κ3) is 2.60. The Morgan fingerprint density at radius 3 is 2.85 bits per heavy atom. The van der Waals surface area contributed by atoms with E-state index in [0.29, 0.717) is 23.7 Å². The largest absolute Gasteiger partial charge is 0.481 e. The fourth-order valence-corrected chi connectivity index (χ4v) is 4.59. The molecule has 7 heteroatoms. The molecule has 0 radical (unpaired) electrons. The molecule has 6 nitrogen and oxygen atoms in total. The van der Waals surface area contributed by atoms with E-state index in [4.69, 9.17) is 11.6 Å². The predicted molar refractivity (Wildman–Crippen MR) is 96.6 cm³/mol. The van der Waals surface area contributed by atoms with E-state index in [-0.39, 0.29) is 18.4 Å². The summed E-state index contributed by atoms with van der Waals surface area (Å²) < 4.78 is 1.68. The number of carbonyl (C=O) groups excluding carboxylic acids is 1. The second-order valence-corrected chi connectivity index (χ2v) is 7.74. The van der Waals surface area contributed by atoms with E-state index < -0.39 is 11.4 Å². The average molecular weight is 374 g/mol. The van der Waals surface area contributed by atoms with Gasteiger partial charge in [-0.05, 0) is 49.9 Å². The first-order valence-electron chi connectivity index (χ1n) is 8.76. The first kappa shape index (κ1) is 17.1. The minimum Gasteiger partial charge on any atom is -0.481 e. The number of carboxylic acid groups (broad SMARTS) is 1. The van der Waals surface area contributed by atoms with E-state index in [0.717, 1.165) is 24.2 Å². The van der Waals surface area contributed by atoms with Crippen molar-refractivity contribution in [2.45, 2.75) is 26.2 Å². The number of nitrogens with zero attached hydrogens (tertiary/aromatic N) is 3. The molecule has 1 aliphatic carbocycles. The van der Waals surface area contributed by atoms with Crippen LogP contribution in [-0.2, 0) is 4.79 Å². The van der Waals surface area contributed by atoms with Crippen LogP contribution in [0.4, 0.5) is 0 Å². The van der Waals surface area contributed by atoms with Crippen LogP contribution < -0.4 is 0 Å². The van der Waals surface area contributed by atoms with Gasteiger partial charge in [-0.2, -0.15) is 5.10 Å². The van der Waals surface area contributed by atoms with Crippen LogP contribution in [0.1, 0.15) is 35.4 Å². The number of hydrogen-bond acceptors (Lipinski definition) is 3. The standard InChI is InChI=1S/C19H20ClN3O3/c1-12-8-16(21-23(12)15-6-2-5-14(20)9-15)17(24)22-10-13-4-3-7-19(13,11-22)18(25)26/h2,5-6,8-9,13H,3-4,7,10-11H2,1H3,(H,25,26)/t13-,19+/m0/s1. The van der Waals surface area contributed by atoms with Gasteiger partial charge >= 0.3 is 5.97 Å². The minimum absolute atomic E-state index is 0.0417. The van der Waals surface area contributed by atoms with E-state index in [1.54, 1.807) is 27.8 Å². The molecule has 2 atom stereocenters. The van der Waals surface area contributed by atoms with E-state index in [1.165, 1.54) is 0 Å². The Bertz CT molecular complexity index is 894. The topological polar surface area (TPSA) is 75.4 Å². The molecule has 2 heterocycles. The molecule has 1 aromatic carbocycles. The van der Waals surface area contributed by atoms with Crippen molar-refractivity contribution < 1.29 is 14.7 Å². The number of fused-ring (bicyclic) bond motifs is 1. The van der Waals surface area contributed by atoms with Crippen molar-refractivity contribution in [3.63, 3.8) is 0 Å². The highest BCUT2D eigenvalue weighted by molar-refractivity contribution is 6.30. The fourth-order valence-electron chi connectivity index (χ4n) is 4.40. The second kappa shape index (κ2) is 6.13. The Kier molecular flexibility index (Phi) is 4.03. The van der Waals surface area contributed by atoms with Gasteiger partial charge in [-0.3, -0.25) is 9.59 Å². The summed E-state index contributed by atoms with van der Waals surface area (Å²) >= 11 is 6.05. The molecule has 1 saturated heterocycles. The third-order valence-electron chi connectivity index (χ3n) is 5.74. The highest BCUT2D eigenvalue weighted by Crippen LogP contribution is 2.49. The Labute approximate surface area is 156 Å². The van der Waals surface area contributed by atoms with E-state index in [1.807, 2.05) is 19.1 Å². The molecule has 2 aromatic rings. The van der Waals surface area contributed by atoms with Gasteiger partial charge in [0.1, 0.15) is 0 Å². The van der Waals surface area contributed by atoms with Gasteiger partial charge in [0.25, 0.3) is 5.91 Å². The Hall–Kier alpha value is -2.34. The number of carboxylic acids is 1. The van der Waals surface area contributed by atoms with E-state index in [9.17, 15) is 14.7 Å². The first-order valence-corrected chi connectivity index (χ1v) is 9.14. The zero-order valence-corrected chi connectivity index (χ0v) is 15.2. The lowest BCUT2D eigenvalue weighted by Gasteiger charge is -2.23. The maximum Gasteiger partial charge on any atom is 0.311 e. The number of benzene rings is 1. The number of aryl methyl sites for hydroxylation is 1. The third-order valence-corrected chi connectivity index (χ3v) is 5.98. The summed E-state index contributed by atoms with van der Waals surface area (Å²) in [6, 6.07) is 9.02. The molecule has 2 aliphatic rings. The van der Waals surface area contributed by atoms with Crippen LogP contribution in [0.2, 0.25) is 5.02 Å². The van der Waals surface area contributed by atoms with Crippen molar-refractivity contribution >= 4 is 23.5 Å². The van der Waals surface area contributed by atoms with Crippen LogP contribution in [0.3, 0.4) is 0 Å². The summed E-state index contributed by atoms with van der Waals surface area (Å²) in [5, 5.41) is 14.7.